The molecule has 7 nitrogen and oxygen atoms in total. The van der Waals surface area contributed by atoms with Crippen molar-refractivity contribution >= 4 is 44.4 Å². The number of primary amides is 1. The molecular formula is C17H18BrFN4O3S. The van der Waals surface area contributed by atoms with E-state index in [0.29, 0.717) is 22.5 Å². The van der Waals surface area contributed by atoms with E-state index < -0.39 is 17.8 Å². The van der Waals surface area contributed by atoms with Crippen molar-refractivity contribution in [3.05, 3.63) is 39.6 Å². The van der Waals surface area contributed by atoms with Crippen LogP contribution in [0.2, 0.25) is 0 Å². The molecule has 1 fully saturated rings. The smallest absolute Gasteiger partial charge is 0.319 e. The van der Waals surface area contributed by atoms with Crippen LogP contribution in [0.5, 0.6) is 5.88 Å². The van der Waals surface area contributed by atoms with E-state index in [1.807, 2.05) is 0 Å². The second-order valence-electron chi connectivity index (χ2n) is 6.19. The Labute approximate surface area is 167 Å². The van der Waals surface area contributed by atoms with Gasteiger partial charge in [0.05, 0.1) is 0 Å². The highest BCUT2D eigenvalue weighted by Crippen LogP contribution is 2.32. The zero-order chi connectivity index (χ0) is 19.4. The Balaban J connectivity index is 1.63. The predicted octanol–water partition coefficient (Wildman–Crippen LogP) is 3.64. The van der Waals surface area contributed by atoms with Crippen molar-refractivity contribution in [2.24, 2.45) is 11.7 Å². The maximum Gasteiger partial charge on any atom is 0.319 e. The summed E-state index contributed by atoms with van der Waals surface area (Å²) in [4.78, 5) is 23.7. The number of nitrogens with zero attached hydrogens (tertiary/aromatic N) is 1. The average molecular weight is 457 g/mol. The van der Waals surface area contributed by atoms with Crippen LogP contribution in [0.1, 0.15) is 35.2 Å². The second-order valence-corrected chi connectivity index (χ2v) is 7.88. The number of hydrogen-bond donors (Lipinski definition) is 3. The summed E-state index contributed by atoms with van der Waals surface area (Å²) in [6.07, 6.45) is 3.36. The molecule has 0 saturated heterocycles. The molecule has 144 valence electrons. The van der Waals surface area contributed by atoms with Crippen LogP contribution in [-0.4, -0.2) is 22.9 Å². The summed E-state index contributed by atoms with van der Waals surface area (Å²) in [5, 5.41) is 5.49. The number of rotatable bonds is 8. The van der Waals surface area contributed by atoms with E-state index in [1.165, 1.54) is 18.9 Å². The lowest BCUT2D eigenvalue weighted by atomic mass is 10.2. The summed E-state index contributed by atoms with van der Waals surface area (Å²) in [6, 6.07) is 4.11. The van der Waals surface area contributed by atoms with Gasteiger partial charge in [-0.25, -0.2) is 9.18 Å². The van der Waals surface area contributed by atoms with Crippen LogP contribution in [0.25, 0.3) is 0 Å². The Kier molecular flexibility index (Phi) is 6.27. The van der Waals surface area contributed by atoms with Crippen molar-refractivity contribution < 1.29 is 18.7 Å². The molecule has 0 unspecified atom stereocenters. The van der Waals surface area contributed by atoms with E-state index in [0.717, 1.165) is 18.0 Å². The summed E-state index contributed by atoms with van der Waals surface area (Å²) in [6.45, 7) is 0.434. The minimum Gasteiger partial charge on any atom is -0.471 e. The largest absolute Gasteiger partial charge is 0.471 e. The van der Waals surface area contributed by atoms with Crippen LogP contribution < -0.4 is 21.1 Å². The molecule has 0 atom stereocenters. The number of aromatic nitrogens is 1. The molecule has 0 radical (unpaired) electrons. The molecule has 0 spiro atoms. The third-order valence-electron chi connectivity index (χ3n) is 4.05. The van der Waals surface area contributed by atoms with Gasteiger partial charge >= 0.3 is 6.03 Å². The van der Waals surface area contributed by atoms with Gasteiger partial charge in [-0.3, -0.25) is 10.1 Å². The number of carbonyl (C=O) groups excluding carboxylic acids is 2. The molecule has 1 heterocycles. The van der Waals surface area contributed by atoms with Gasteiger partial charge in [0, 0.05) is 16.6 Å². The summed E-state index contributed by atoms with van der Waals surface area (Å²) in [7, 11) is 0. The highest BCUT2D eigenvalue weighted by atomic mass is 79.9. The first-order chi connectivity index (χ1) is 12.9. The Morgan fingerprint density at radius 2 is 2.19 bits per heavy atom. The van der Waals surface area contributed by atoms with Crippen molar-refractivity contribution in [3.63, 3.8) is 0 Å². The van der Waals surface area contributed by atoms with Crippen LogP contribution in [0.3, 0.4) is 0 Å². The third kappa shape index (κ3) is 5.39. The zero-order valence-corrected chi connectivity index (χ0v) is 16.7. The molecule has 1 saturated carbocycles. The first-order valence-electron chi connectivity index (χ1n) is 8.35. The normalized spacial score (nSPS) is 13.3. The number of nitrogens with two attached hydrogens (primary N) is 1. The van der Waals surface area contributed by atoms with Crippen molar-refractivity contribution in [2.45, 2.75) is 25.9 Å². The topological polar surface area (TPSA) is 106 Å². The highest BCUT2D eigenvalue weighted by Gasteiger charge is 2.23. The molecule has 0 bridgehead atoms. The molecule has 27 heavy (non-hydrogen) atoms. The van der Waals surface area contributed by atoms with Gasteiger partial charge in [-0.1, -0.05) is 34.8 Å². The quantitative estimate of drug-likeness (QED) is 0.563. The minimum absolute atomic E-state index is 0.0325. The Hall–Kier alpha value is -2.20. The summed E-state index contributed by atoms with van der Waals surface area (Å²) >= 11 is 4.06. The monoisotopic (exact) mass is 456 g/mol. The van der Waals surface area contributed by atoms with Gasteiger partial charge in [-0.15, -0.1) is 0 Å². The summed E-state index contributed by atoms with van der Waals surface area (Å²) in [5.74, 6) is -0.575. The van der Waals surface area contributed by atoms with Gasteiger partial charge < -0.3 is 15.8 Å². The lowest BCUT2D eigenvalue weighted by Gasteiger charge is -2.08. The maximum absolute atomic E-state index is 13.9. The van der Waals surface area contributed by atoms with E-state index in [9.17, 15) is 14.0 Å². The fourth-order valence-corrected chi connectivity index (χ4v) is 3.47. The molecular weight excluding hydrogens is 439 g/mol. The summed E-state index contributed by atoms with van der Waals surface area (Å²) < 4.78 is 24.0. The highest BCUT2D eigenvalue weighted by molar-refractivity contribution is 9.10. The summed E-state index contributed by atoms with van der Waals surface area (Å²) in [5.41, 5.74) is 5.67. The Morgan fingerprint density at radius 3 is 2.85 bits per heavy atom. The first-order valence-corrected chi connectivity index (χ1v) is 9.91. The fourth-order valence-electron chi connectivity index (χ4n) is 2.41. The number of halogens is 2. The van der Waals surface area contributed by atoms with Crippen molar-refractivity contribution in [2.75, 3.05) is 11.9 Å². The zero-order valence-electron chi connectivity index (χ0n) is 14.3. The Bertz CT molecular complexity index is 857. The molecule has 1 aromatic heterocycles. The second kappa shape index (κ2) is 8.66. The van der Waals surface area contributed by atoms with Gasteiger partial charge in [0.25, 0.3) is 5.91 Å². The van der Waals surface area contributed by atoms with Crippen molar-refractivity contribution in [1.82, 2.24) is 9.69 Å². The van der Waals surface area contributed by atoms with E-state index in [2.05, 4.69) is 30.9 Å². The number of carbonyl (C=O) groups is 2. The van der Waals surface area contributed by atoms with Gasteiger partial charge in [0.1, 0.15) is 23.0 Å². The van der Waals surface area contributed by atoms with E-state index >= 15 is 0 Å². The predicted molar refractivity (Wildman–Crippen MR) is 103 cm³/mol. The van der Waals surface area contributed by atoms with Gasteiger partial charge in [-0.2, -0.15) is 4.37 Å². The van der Waals surface area contributed by atoms with Crippen LogP contribution in [0, 0.1) is 11.7 Å². The SMILES string of the molecule is NC(=O)c1c(OCc2ccc(Br)cc2F)nsc1NC(=O)NCCC1CC1. The number of amides is 3. The fraction of sp³-hybridized carbons (Fsp3) is 0.353. The lowest BCUT2D eigenvalue weighted by Crippen LogP contribution is -2.30. The number of benzene rings is 1. The first kappa shape index (κ1) is 19.6. The van der Waals surface area contributed by atoms with Crippen LogP contribution in [0.4, 0.5) is 14.2 Å². The number of nitrogens with one attached hydrogen (secondary N) is 2. The van der Waals surface area contributed by atoms with Gasteiger partial charge in [0.2, 0.25) is 5.88 Å². The molecule has 3 amide bonds. The average Bonchev–Trinajstić information content (AvgIpc) is 3.33. The minimum atomic E-state index is -0.789. The molecule has 4 N–H and O–H groups in total. The Morgan fingerprint density at radius 1 is 1.41 bits per heavy atom. The molecule has 2 aromatic rings. The number of anilines is 1. The molecule has 1 aliphatic carbocycles. The van der Waals surface area contributed by atoms with Gasteiger partial charge in [-0.05, 0) is 36.0 Å². The van der Waals surface area contributed by atoms with Crippen LogP contribution >= 0.6 is 27.5 Å². The number of hydrogen-bond acceptors (Lipinski definition) is 5. The van der Waals surface area contributed by atoms with Crippen LogP contribution in [-0.2, 0) is 6.61 Å². The lowest BCUT2D eigenvalue weighted by molar-refractivity contribution is 0.0996. The van der Waals surface area contributed by atoms with E-state index in [1.54, 1.807) is 12.1 Å². The van der Waals surface area contributed by atoms with Crippen LogP contribution in [0.15, 0.2) is 22.7 Å². The molecule has 0 aliphatic heterocycles. The van der Waals surface area contributed by atoms with Crippen molar-refractivity contribution in [1.29, 1.82) is 0 Å². The third-order valence-corrected chi connectivity index (χ3v) is 5.29. The molecule has 1 aliphatic rings. The maximum atomic E-state index is 13.9. The standard InChI is InChI=1S/C17H18BrFN4O3S/c18-11-4-3-10(12(19)7-11)8-26-15-13(14(20)24)16(27-23-15)22-17(25)21-6-5-9-1-2-9/h3-4,7,9H,1-2,5-6,8H2,(H2,20,24)(H2,21,22,25). The molecule has 10 heteroatoms. The van der Waals surface area contributed by atoms with E-state index in [4.69, 9.17) is 10.5 Å². The van der Waals surface area contributed by atoms with Gasteiger partial charge in [0.15, 0.2) is 0 Å². The molecule has 1 aromatic carbocycles. The van der Waals surface area contributed by atoms with E-state index in [-0.39, 0.29) is 23.1 Å². The van der Waals surface area contributed by atoms with Crippen molar-refractivity contribution in [3.8, 4) is 5.88 Å². The number of urea groups is 1. The number of ether oxygens (including phenoxy) is 1. The molecule has 3 rings (SSSR count).